The first-order chi connectivity index (χ1) is 14.9. The third-order valence-electron chi connectivity index (χ3n) is 4.27. The third kappa shape index (κ3) is 6.66. The van der Waals surface area contributed by atoms with Crippen molar-refractivity contribution in [1.82, 2.24) is 20.9 Å². The Labute approximate surface area is 216 Å². The molecule has 0 saturated carbocycles. The number of halogens is 4. The number of hydrazine groups is 2. The maximum atomic E-state index is 12.6. The van der Waals surface area contributed by atoms with Crippen LogP contribution in [-0.2, 0) is 0 Å². The van der Waals surface area contributed by atoms with Crippen LogP contribution in [0.25, 0.3) is 0 Å². The summed E-state index contributed by atoms with van der Waals surface area (Å²) in [6.45, 7) is 1.73. The van der Waals surface area contributed by atoms with Gasteiger partial charge in [-0.25, -0.2) is 0 Å². The molecule has 0 bridgehead atoms. The average Bonchev–Trinajstić information content (AvgIpc) is 2.72. The van der Waals surface area contributed by atoms with Crippen molar-refractivity contribution in [3.05, 3.63) is 67.6 Å². The molecule has 0 heterocycles. The van der Waals surface area contributed by atoms with Gasteiger partial charge >= 0.3 is 0 Å². The van der Waals surface area contributed by atoms with E-state index in [1.165, 1.54) is 48.4 Å². The van der Waals surface area contributed by atoms with Gasteiger partial charge in [0.05, 0.1) is 27.1 Å². The van der Waals surface area contributed by atoms with Crippen LogP contribution < -0.4 is 10.9 Å². The van der Waals surface area contributed by atoms with Crippen molar-refractivity contribution in [2.75, 3.05) is 14.1 Å². The number of nitrogens with one attached hydrogen (secondary N) is 2. The highest BCUT2D eigenvalue weighted by Crippen LogP contribution is 2.23. The van der Waals surface area contributed by atoms with Crippen molar-refractivity contribution < 1.29 is 9.59 Å². The molecule has 12 heteroatoms. The lowest BCUT2D eigenvalue weighted by molar-refractivity contribution is 0.0755. The second kappa shape index (κ2) is 11.4. The van der Waals surface area contributed by atoms with E-state index in [2.05, 4.69) is 10.9 Å². The Morgan fingerprint density at radius 1 is 0.781 bits per heavy atom. The molecule has 0 unspecified atom stereocenters. The highest BCUT2D eigenvalue weighted by Gasteiger charge is 2.23. The van der Waals surface area contributed by atoms with Gasteiger partial charge in [-0.1, -0.05) is 70.8 Å². The van der Waals surface area contributed by atoms with Gasteiger partial charge in [0.1, 0.15) is 9.98 Å². The van der Waals surface area contributed by atoms with Crippen LogP contribution in [0.15, 0.2) is 36.4 Å². The van der Waals surface area contributed by atoms with Crippen molar-refractivity contribution in [3.63, 3.8) is 0 Å². The Morgan fingerprint density at radius 2 is 1.12 bits per heavy atom. The maximum absolute atomic E-state index is 12.6. The van der Waals surface area contributed by atoms with E-state index in [4.69, 9.17) is 70.8 Å². The number of nitrogens with zero attached hydrogens (tertiary/aromatic N) is 2. The molecule has 6 nitrogen and oxygen atoms in total. The van der Waals surface area contributed by atoms with E-state index in [1.54, 1.807) is 19.1 Å². The van der Waals surface area contributed by atoms with Gasteiger partial charge in [-0.3, -0.25) is 30.5 Å². The molecule has 0 fully saturated rings. The summed E-state index contributed by atoms with van der Waals surface area (Å²) in [5.41, 5.74) is 6.13. The number of rotatable bonds is 4. The number of amides is 2. The molecule has 2 aromatic rings. The van der Waals surface area contributed by atoms with Gasteiger partial charge in [0, 0.05) is 24.1 Å². The number of benzene rings is 2. The largest absolute Gasteiger partial charge is 0.289 e. The molecule has 0 spiro atoms. The van der Waals surface area contributed by atoms with Gasteiger partial charge in [0.25, 0.3) is 11.8 Å². The van der Waals surface area contributed by atoms with Gasteiger partial charge < -0.3 is 0 Å². The fourth-order valence-electron chi connectivity index (χ4n) is 2.43. The van der Waals surface area contributed by atoms with Crippen molar-refractivity contribution in [3.8, 4) is 0 Å². The number of thiocarbonyl (C=S) groups is 2. The Kier molecular flexibility index (Phi) is 9.51. The molecule has 0 aliphatic heterocycles. The molecule has 2 aromatic carbocycles. The number of hydrogen-bond acceptors (Lipinski definition) is 4. The van der Waals surface area contributed by atoms with E-state index in [1.807, 2.05) is 0 Å². The van der Waals surface area contributed by atoms with E-state index in [9.17, 15) is 9.59 Å². The SMILES string of the molecule is CC(C(=S)NN(C)C(=O)c1ccc(Cl)cc1Cl)C(=S)NN(C)C(=O)c1ccc(Cl)cc1Cl. The highest BCUT2D eigenvalue weighted by molar-refractivity contribution is 7.82. The zero-order chi connectivity index (χ0) is 24.2. The first-order valence-electron chi connectivity index (χ1n) is 8.99. The molecular weight excluding hydrogens is 534 g/mol. The van der Waals surface area contributed by atoms with Crippen molar-refractivity contribution in [2.45, 2.75) is 6.92 Å². The summed E-state index contributed by atoms with van der Waals surface area (Å²) in [7, 11) is 3.00. The lowest BCUT2D eigenvalue weighted by Gasteiger charge is -2.26. The standard InChI is InChI=1S/C20H18Cl4N4O2S2/c1-10(17(31)25-27(2)19(29)13-6-4-11(21)8-15(13)23)18(32)26-28(3)20(30)14-7-5-12(22)9-16(14)24/h4-10H,1-3H3,(H,25,31)(H,26,32). The molecule has 2 N–H and O–H groups in total. The van der Waals surface area contributed by atoms with Gasteiger partial charge in [-0.15, -0.1) is 0 Å². The minimum Gasteiger partial charge on any atom is -0.289 e. The summed E-state index contributed by atoms with van der Waals surface area (Å²) >= 11 is 34.7. The lowest BCUT2D eigenvalue weighted by atomic mass is 10.2. The van der Waals surface area contributed by atoms with Gasteiger partial charge in [0.2, 0.25) is 0 Å². The molecule has 0 aliphatic carbocycles. The van der Waals surface area contributed by atoms with Crippen LogP contribution in [0.1, 0.15) is 27.6 Å². The molecule has 2 amide bonds. The van der Waals surface area contributed by atoms with E-state index in [0.29, 0.717) is 10.0 Å². The Hall–Kier alpha value is -1.68. The van der Waals surface area contributed by atoms with Crippen LogP contribution in [0.3, 0.4) is 0 Å². The predicted molar refractivity (Wildman–Crippen MR) is 138 cm³/mol. The number of hydrogen-bond donors (Lipinski definition) is 2. The number of carbonyl (C=O) groups excluding carboxylic acids is 2. The van der Waals surface area contributed by atoms with Crippen LogP contribution >= 0.6 is 70.8 Å². The first-order valence-corrected chi connectivity index (χ1v) is 11.3. The summed E-state index contributed by atoms with van der Waals surface area (Å²) < 4.78 is 0. The zero-order valence-electron chi connectivity index (χ0n) is 17.1. The molecule has 170 valence electrons. The van der Waals surface area contributed by atoms with Crippen LogP contribution in [0.4, 0.5) is 0 Å². The molecule has 0 aliphatic rings. The van der Waals surface area contributed by atoms with Gasteiger partial charge in [0.15, 0.2) is 0 Å². The topological polar surface area (TPSA) is 64.7 Å². The predicted octanol–water partition coefficient (Wildman–Crippen LogP) is 5.44. The Morgan fingerprint density at radius 3 is 1.44 bits per heavy atom. The van der Waals surface area contributed by atoms with Crippen LogP contribution in [0, 0.1) is 5.92 Å². The number of carbonyl (C=O) groups is 2. The van der Waals surface area contributed by atoms with Crippen LogP contribution in [0.5, 0.6) is 0 Å². The summed E-state index contributed by atoms with van der Waals surface area (Å²) in [6.07, 6.45) is 0. The van der Waals surface area contributed by atoms with E-state index in [0.717, 1.165) is 0 Å². The normalized spacial score (nSPS) is 10.5. The smallest absolute Gasteiger partial charge is 0.273 e. The molecule has 0 aromatic heterocycles. The molecule has 0 atom stereocenters. The molecule has 32 heavy (non-hydrogen) atoms. The molecular formula is C20H18Cl4N4O2S2. The maximum Gasteiger partial charge on any atom is 0.273 e. The van der Waals surface area contributed by atoms with Crippen LogP contribution in [-0.4, -0.2) is 45.9 Å². The van der Waals surface area contributed by atoms with E-state index < -0.39 is 17.7 Å². The Bertz CT molecular complexity index is 1000. The molecule has 0 saturated heterocycles. The van der Waals surface area contributed by atoms with Crippen molar-refractivity contribution >= 4 is 92.6 Å². The third-order valence-corrected chi connectivity index (χ3v) is 6.26. The molecule has 2 rings (SSSR count). The molecule has 0 radical (unpaired) electrons. The first kappa shape index (κ1) is 26.6. The monoisotopic (exact) mass is 550 g/mol. The highest BCUT2D eigenvalue weighted by atomic mass is 35.5. The fraction of sp³-hybridized carbons (Fsp3) is 0.200. The second-order valence-corrected chi connectivity index (χ2v) is 9.22. The van der Waals surface area contributed by atoms with Gasteiger partial charge in [-0.05, 0) is 43.3 Å². The zero-order valence-corrected chi connectivity index (χ0v) is 21.7. The van der Waals surface area contributed by atoms with Gasteiger partial charge in [-0.2, -0.15) is 0 Å². The van der Waals surface area contributed by atoms with Crippen LogP contribution in [0.2, 0.25) is 20.1 Å². The summed E-state index contributed by atoms with van der Waals surface area (Å²) in [6, 6.07) is 9.12. The average molecular weight is 552 g/mol. The quantitative estimate of drug-likeness (QED) is 0.389. The van der Waals surface area contributed by atoms with Crippen molar-refractivity contribution in [1.29, 1.82) is 0 Å². The Balaban J connectivity index is 1.99. The summed E-state index contributed by atoms with van der Waals surface area (Å²) in [5.74, 6) is -1.33. The lowest BCUT2D eigenvalue weighted by Crippen LogP contribution is -2.50. The summed E-state index contributed by atoms with van der Waals surface area (Å²) in [5, 5.41) is 3.65. The minimum atomic E-state index is -0.508. The van der Waals surface area contributed by atoms with Crippen molar-refractivity contribution in [2.24, 2.45) is 5.92 Å². The minimum absolute atomic E-state index is 0.216. The van der Waals surface area contributed by atoms with E-state index >= 15 is 0 Å². The van der Waals surface area contributed by atoms with E-state index in [-0.39, 0.29) is 31.1 Å². The second-order valence-electron chi connectivity index (χ2n) is 6.65. The summed E-state index contributed by atoms with van der Waals surface area (Å²) in [4.78, 5) is 25.8. The fourth-order valence-corrected chi connectivity index (χ4v) is 3.99.